The minimum Gasteiger partial charge on any atom is -0.398 e. The van der Waals surface area contributed by atoms with Gasteiger partial charge in [-0.15, -0.1) is 0 Å². The van der Waals surface area contributed by atoms with Crippen LogP contribution in [-0.4, -0.2) is 10.8 Å². The summed E-state index contributed by atoms with van der Waals surface area (Å²) in [7, 11) is 0. The fraction of sp³-hybridized carbons (Fsp3) is 0.118. The number of benzene rings is 2. The summed E-state index contributed by atoms with van der Waals surface area (Å²) in [5.74, 6) is -0.0129. The monoisotopic (exact) mass is 342 g/mol. The van der Waals surface area contributed by atoms with Gasteiger partial charge in [-0.05, 0) is 43.2 Å². The number of hydrogen-bond acceptors (Lipinski definition) is 2. The van der Waals surface area contributed by atoms with E-state index in [2.05, 4.69) is 20.9 Å². The molecule has 3 aromatic rings. The molecular weight excluding hydrogens is 328 g/mol. The lowest BCUT2D eigenvalue weighted by molar-refractivity contribution is 0.103. The van der Waals surface area contributed by atoms with Crippen LogP contribution in [0.4, 0.5) is 5.69 Å². The molecule has 3 rings (SSSR count). The van der Waals surface area contributed by atoms with Crippen LogP contribution in [0.2, 0.25) is 0 Å². The number of aryl methyl sites for hydroxylation is 1. The number of halogens is 1. The first-order chi connectivity index (χ1) is 9.99. The number of nitrogens with one attached hydrogen (secondary N) is 1. The second-order valence-corrected chi connectivity index (χ2v) is 6.11. The van der Waals surface area contributed by atoms with Gasteiger partial charge in [-0.1, -0.05) is 28.1 Å². The minimum atomic E-state index is -0.0129. The first-order valence-corrected chi connectivity index (χ1v) is 7.45. The topological polar surface area (TPSA) is 58.9 Å². The first-order valence-electron chi connectivity index (χ1n) is 6.66. The lowest BCUT2D eigenvalue weighted by atomic mass is 9.96. The van der Waals surface area contributed by atoms with Crippen LogP contribution in [0.5, 0.6) is 0 Å². The van der Waals surface area contributed by atoms with Crippen LogP contribution in [0.25, 0.3) is 10.9 Å². The largest absolute Gasteiger partial charge is 0.398 e. The molecule has 0 saturated carbocycles. The number of ketones is 1. The molecule has 106 valence electrons. The summed E-state index contributed by atoms with van der Waals surface area (Å²) in [4.78, 5) is 16.1. The van der Waals surface area contributed by atoms with Gasteiger partial charge >= 0.3 is 0 Å². The van der Waals surface area contributed by atoms with Crippen molar-refractivity contribution in [1.29, 1.82) is 0 Å². The van der Waals surface area contributed by atoms with Gasteiger partial charge in [0, 0.05) is 38.4 Å². The fourth-order valence-electron chi connectivity index (χ4n) is 2.63. The Morgan fingerprint density at radius 1 is 1.19 bits per heavy atom. The van der Waals surface area contributed by atoms with Gasteiger partial charge in [0.05, 0.1) is 0 Å². The molecular formula is C17H15BrN2O. The van der Waals surface area contributed by atoms with E-state index in [9.17, 15) is 4.79 Å². The highest BCUT2D eigenvalue weighted by atomic mass is 79.9. The molecule has 3 N–H and O–H groups in total. The maximum absolute atomic E-state index is 12.9. The molecule has 0 amide bonds. The highest BCUT2D eigenvalue weighted by Gasteiger charge is 2.18. The molecule has 2 aromatic carbocycles. The molecule has 0 aliphatic carbocycles. The zero-order valence-corrected chi connectivity index (χ0v) is 13.4. The van der Waals surface area contributed by atoms with E-state index in [0.717, 1.165) is 26.5 Å². The smallest absolute Gasteiger partial charge is 0.195 e. The van der Waals surface area contributed by atoms with Crippen LogP contribution in [0.1, 0.15) is 27.0 Å². The summed E-state index contributed by atoms with van der Waals surface area (Å²) in [6, 6.07) is 9.60. The number of aromatic nitrogens is 1. The Bertz CT molecular complexity index is 865. The number of rotatable bonds is 2. The minimum absolute atomic E-state index is 0.0129. The van der Waals surface area contributed by atoms with Crippen LogP contribution >= 0.6 is 15.9 Å². The van der Waals surface area contributed by atoms with Crippen molar-refractivity contribution in [2.75, 3.05) is 5.73 Å². The molecule has 1 heterocycles. The number of fused-ring (bicyclic) bond motifs is 1. The zero-order chi connectivity index (χ0) is 15.1. The van der Waals surface area contributed by atoms with Crippen molar-refractivity contribution in [3.63, 3.8) is 0 Å². The Morgan fingerprint density at radius 3 is 2.71 bits per heavy atom. The van der Waals surface area contributed by atoms with Crippen molar-refractivity contribution in [2.24, 2.45) is 0 Å². The predicted octanol–water partition coefficient (Wildman–Crippen LogP) is 4.36. The van der Waals surface area contributed by atoms with Gasteiger partial charge in [0.1, 0.15) is 0 Å². The summed E-state index contributed by atoms with van der Waals surface area (Å²) in [5.41, 5.74) is 10.8. The van der Waals surface area contributed by atoms with Crippen molar-refractivity contribution in [3.8, 4) is 0 Å². The quantitative estimate of drug-likeness (QED) is 0.536. The molecule has 0 atom stereocenters. The molecule has 1 aromatic heterocycles. The average molecular weight is 343 g/mol. The molecule has 0 radical (unpaired) electrons. The van der Waals surface area contributed by atoms with Crippen LogP contribution in [-0.2, 0) is 0 Å². The summed E-state index contributed by atoms with van der Waals surface area (Å²) >= 11 is 3.40. The second kappa shape index (κ2) is 5.04. The van der Waals surface area contributed by atoms with Gasteiger partial charge in [-0.2, -0.15) is 0 Å². The Labute approximate surface area is 131 Å². The van der Waals surface area contributed by atoms with E-state index in [4.69, 9.17) is 5.73 Å². The molecule has 0 fully saturated rings. The van der Waals surface area contributed by atoms with Crippen molar-refractivity contribution in [3.05, 3.63) is 63.3 Å². The van der Waals surface area contributed by atoms with Gasteiger partial charge in [0.2, 0.25) is 0 Å². The number of nitrogen functional groups attached to an aromatic ring is 1. The maximum atomic E-state index is 12.9. The number of carbonyl (C=O) groups excluding carboxylic acids is 1. The van der Waals surface area contributed by atoms with E-state index in [1.165, 1.54) is 0 Å². The maximum Gasteiger partial charge on any atom is 0.195 e. The normalized spacial score (nSPS) is 11.0. The van der Waals surface area contributed by atoms with E-state index >= 15 is 0 Å². The standard InChI is InChI=1S/C17H15BrN2O/c1-9-4-3-5-15-16(9)13(8-20-15)17(21)12-6-11(18)7-14(19)10(12)2/h3-8,20H,19H2,1-2H3. The third-order valence-electron chi connectivity index (χ3n) is 3.82. The molecule has 0 saturated heterocycles. The molecule has 4 heteroatoms. The van der Waals surface area contributed by atoms with Gasteiger partial charge in [-0.3, -0.25) is 4.79 Å². The lowest BCUT2D eigenvalue weighted by Gasteiger charge is -2.09. The van der Waals surface area contributed by atoms with Gasteiger partial charge in [-0.25, -0.2) is 0 Å². The van der Waals surface area contributed by atoms with Crippen molar-refractivity contribution >= 4 is 38.3 Å². The summed E-state index contributed by atoms with van der Waals surface area (Å²) in [6.45, 7) is 3.88. The Hall–Kier alpha value is -2.07. The first kappa shape index (κ1) is 13.9. The summed E-state index contributed by atoms with van der Waals surface area (Å²) < 4.78 is 0.811. The molecule has 0 bridgehead atoms. The van der Waals surface area contributed by atoms with Gasteiger partial charge in [0.25, 0.3) is 0 Å². The number of aromatic amines is 1. The summed E-state index contributed by atoms with van der Waals surface area (Å²) in [5, 5.41) is 0.973. The third kappa shape index (κ3) is 2.25. The number of anilines is 1. The molecule has 0 aliphatic heterocycles. The average Bonchev–Trinajstić information content (AvgIpc) is 2.87. The van der Waals surface area contributed by atoms with E-state index in [1.54, 1.807) is 6.20 Å². The predicted molar refractivity (Wildman–Crippen MR) is 89.8 cm³/mol. The Balaban J connectivity index is 2.22. The lowest BCUT2D eigenvalue weighted by Crippen LogP contribution is -2.06. The van der Waals surface area contributed by atoms with Crippen molar-refractivity contribution in [2.45, 2.75) is 13.8 Å². The second-order valence-electron chi connectivity index (χ2n) is 5.20. The van der Waals surface area contributed by atoms with E-state index < -0.39 is 0 Å². The highest BCUT2D eigenvalue weighted by Crippen LogP contribution is 2.28. The molecule has 21 heavy (non-hydrogen) atoms. The molecule has 0 unspecified atom stereocenters. The van der Waals surface area contributed by atoms with E-state index in [1.807, 2.05) is 44.2 Å². The van der Waals surface area contributed by atoms with Gasteiger partial charge in [0.15, 0.2) is 5.78 Å². The molecule has 3 nitrogen and oxygen atoms in total. The SMILES string of the molecule is Cc1c(N)cc(Br)cc1C(=O)c1c[nH]c2cccc(C)c12. The molecule has 0 spiro atoms. The zero-order valence-electron chi connectivity index (χ0n) is 11.8. The van der Waals surface area contributed by atoms with Crippen LogP contribution in [0, 0.1) is 13.8 Å². The van der Waals surface area contributed by atoms with Crippen molar-refractivity contribution in [1.82, 2.24) is 4.98 Å². The fourth-order valence-corrected chi connectivity index (χ4v) is 3.10. The number of hydrogen-bond donors (Lipinski definition) is 2. The van der Waals surface area contributed by atoms with Crippen LogP contribution in [0.15, 0.2) is 41.0 Å². The third-order valence-corrected chi connectivity index (χ3v) is 4.27. The van der Waals surface area contributed by atoms with Crippen LogP contribution in [0.3, 0.4) is 0 Å². The Morgan fingerprint density at radius 2 is 1.95 bits per heavy atom. The van der Waals surface area contributed by atoms with E-state index in [0.29, 0.717) is 16.8 Å². The number of carbonyl (C=O) groups is 1. The molecule has 0 aliphatic rings. The Kier molecular flexibility index (Phi) is 3.33. The van der Waals surface area contributed by atoms with Crippen molar-refractivity contribution < 1.29 is 4.79 Å². The number of nitrogens with two attached hydrogens (primary N) is 1. The van der Waals surface area contributed by atoms with Crippen LogP contribution < -0.4 is 5.73 Å². The highest BCUT2D eigenvalue weighted by molar-refractivity contribution is 9.10. The van der Waals surface area contributed by atoms with E-state index in [-0.39, 0.29) is 5.78 Å². The summed E-state index contributed by atoms with van der Waals surface area (Å²) in [6.07, 6.45) is 1.77. The van der Waals surface area contributed by atoms with Gasteiger partial charge < -0.3 is 10.7 Å². The number of H-pyrrole nitrogens is 1.